The molecule has 5 amide bonds. The van der Waals surface area contributed by atoms with Gasteiger partial charge in [0, 0.05) is 4.88 Å². The van der Waals surface area contributed by atoms with Crippen LogP contribution in [-0.4, -0.2) is 35.2 Å². The number of nitrogens with one attached hydrogen (secondary N) is 3. The van der Waals surface area contributed by atoms with Gasteiger partial charge < -0.3 is 5.32 Å². The fraction of sp³-hybridized carbons (Fsp3) is 0.333. The number of thiophene rings is 1. The molecule has 2 heterocycles. The van der Waals surface area contributed by atoms with Crippen LogP contribution < -0.4 is 16.2 Å². The van der Waals surface area contributed by atoms with E-state index >= 15 is 0 Å². The van der Waals surface area contributed by atoms with Crippen LogP contribution in [0.1, 0.15) is 44.6 Å². The van der Waals surface area contributed by atoms with Gasteiger partial charge in [-0.15, -0.1) is 11.3 Å². The van der Waals surface area contributed by atoms with E-state index in [-0.39, 0.29) is 0 Å². The first-order valence-electron chi connectivity index (χ1n) is 9.76. The minimum Gasteiger partial charge on any atom is -0.319 e. The van der Waals surface area contributed by atoms with Crippen molar-refractivity contribution in [2.75, 3.05) is 6.54 Å². The van der Waals surface area contributed by atoms with Crippen LogP contribution in [0.2, 0.25) is 0 Å². The Bertz CT molecular complexity index is 1060. The molecular weight excluding hydrogens is 404 g/mol. The van der Waals surface area contributed by atoms with Gasteiger partial charge in [-0.25, -0.2) is 4.79 Å². The molecule has 1 fully saturated rings. The van der Waals surface area contributed by atoms with E-state index in [0.717, 1.165) is 32.9 Å². The van der Waals surface area contributed by atoms with Crippen molar-refractivity contribution >= 4 is 35.1 Å². The van der Waals surface area contributed by atoms with Crippen LogP contribution in [-0.2, 0) is 28.0 Å². The molecule has 0 radical (unpaired) electrons. The first-order valence-corrected chi connectivity index (χ1v) is 10.6. The van der Waals surface area contributed by atoms with Gasteiger partial charge in [0.1, 0.15) is 12.1 Å². The zero-order chi connectivity index (χ0) is 21.5. The normalized spacial score (nSPS) is 19.7. The third-order valence-electron chi connectivity index (χ3n) is 5.60. The average Bonchev–Trinajstić information content (AvgIpc) is 3.37. The molecule has 1 aromatic heterocycles. The molecule has 156 valence electrons. The molecule has 30 heavy (non-hydrogen) atoms. The molecule has 0 unspecified atom stereocenters. The lowest BCUT2D eigenvalue weighted by atomic mass is 9.92. The van der Waals surface area contributed by atoms with E-state index in [1.807, 2.05) is 38.1 Å². The first-order chi connectivity index (χ1) is 14.4. The summed E-state index contributed by atoms with van der Waals surface area (Å²) in [7, 11) is 0. The Hall–Kier alpha value is -3.20. The third kappa shape index (κ3) is 3.24. The van der Waals surface area contributed by atoms with E-state index in [9.17, 15) is 19.2 Å². The quantitative estimate of drug-likeness (QED) is 0.512. The van der Waals surface area contributed by atoms with Gasteiger partial charge in [0.2, 0.25) is 0 Å². The summed E-state index contributed by atoms with van der Waals surface area (Å²) >= 11 is 1.37. The Morgan fingerprint density at radius 3 is 2.73 bits per heavy atom. The van der Waals surface area contributed by atoms with Gasteiger partial charge in [-0.3, -0.25) is 30.1 Å². The molecule has 3 N–H and O–H groups in total. The Morgan fingerprint density at radius 2 is 2.00 bits per heavy atom. The van der Waals surface area contributed by atoms with Crippen molar-refractivity contribution in [3.8, 4) is 0 Å². The second-order valence-corrected chi connectivity index (χ2v) is 8.59. The Balaban J connectivity index is 1.40. The topological polar surface area (TPSA) is 108 Å². The number of hydrogen-bond donors (Lipinski definition) is 3. The second kappa shape index (κ2) is 7.56. The highest BCUT2D eigenvalue weighted by Gasteiger charge is 2.55. The van der Waals surface area contributed by atoms with Crippen molar-refractivity contribution in [2.45, 2.75) is 38.6 Å². The fourth-order valence-electron chi connectivity index (χ4n) is 4.09. The maximum atomic E-state index is 13.0. The summed E-state index contributed by atoms with van der Waals surface area (Å²) in [4.78, 5) is 52.6. The standard InChI is InChI=1S/C21H22N4O4S/c1-3-15-12(2)10-16(30-15)18(27)24-23-17(26)11-25-19(28)21(22-20(25)29)9-8-13-6-4-5-7-14(13)21/h4-7,10H,3,8-9,11H2,1-2H3,(H,22,29)(H,23,26)(H,24,27)/t21-/m1/s1. The highest BCUT2D eigenvalue weighted by atomic mass is 32.1. The number of hydrazine groups is 1. The third-order valence-corrected chi connectivity index (χ3v) is 6.99. The zero-order valence-corrected chi connectivity index (χ0v) is 17.5. The summed E-state index contributed by atoms with van der Waals surface area (Å²) in [6, 6.07) is 8.64. The molecule has 1 atom stereocenters. The van der Waals surface area contributed by atoms with Crippen molar-refractivity contribution in [3.05, 3.63) is 56.8 Å². The number of hydrogen-bond acceptors (Lipinski definition) is 5. The summed E-state index contributed by atoms with van der Waals surface area (Å²) in [6.45, 7) is 3.47. The van der Waals surface area contributed by atoms with Crippen LogP contribution in [0.25, 0.3) is 0 Å². The van der Waals surface area contributed by atoms with Gasteiger partial charge in [0.15, 0.2) is 0 Å². The predicted octanol–water partition coefficient (Wildman–Crippen LogP) is 1.77. The Kier molecular flexibility index (Phi) is 5.07. The largest absolute Gasteiger partial charge is 0.325 e. The molecular formula is C21H22N4O4S. The minimum atomic E-state index is -1.11. The molecule has 1 aliphatic carbocycles. The lowest BCUT2D eigenvalue weighted by Crippen LogP contribution is -2.48. The van der Waals surface area contributed by atoms with E-state index < -0.39 is 35.8 Å². The molecule has 1 aromatic carbocycles. The predicted molar refractivity (Wildman–Crippen MR) is 111 cm³/mol. The minimum absolute atomic E-state index is 0.436. The molecule has 2 aliphatic rings. The summed E-state index contributed by atoms with van der Waals surface area (Å²) in [5.41, 5.74) is 6.35. The molecule has 1 saturated heterocycles. The number of carbonyl (C=O) groups is 4. The van der Waals surface area contributed by atoms with Gasteiger partial charge in [-0.1, -0.05) is 31.2 Å². The van der Waals surface area contributed by atoms with Crippen LogP contribution in [0, 0.1) is 6.92 Å². The summed E-state index contributed by atoms with van der Waals surface area (Å²) < 4.78 is 0. The lowest BCUT2D eigenvalue weighted by Gasteiger charge is -2.22. The molecule has 4 rings (SSSR count). The van der Waals surface area contributed by atoms with E-state index in [4.69, 9.17) is 0 Å². The van der Waals surface area contributed by atoms with Crippen molar-refractivity contribution in [2.24, 2.45) is 0 Å². The summed E-state index contributed by atoms with van der Waals surface area (Å²) in [5, 5.41) is 2.77. The van der Waals surface area contributed by atoms with Crippen LogP contribution in [0.4, 0.5) is 4.79 Å². The number of fused-ring (bicyclic) bond motifs is 2. The number of benzene rings is 1. The van der Waals surface area contributed by atoms with Crippen molar-refractivity contribution in [1.82, 2.24) is 21.1 Å². The van der Waals surface area contributed by atoms with Crippen molar-refractivity contribution < 1.29 is 19.2 Å². The highest BCUT2D eigenvalue weighted by molar-refractivity contribution is 7.14. The smallest absolute Gasteiger partial charge is 0.319 e. The number of nitrogens with zero attached hydrogens (tertiary/aromatic N) is 1. The molecule has 1 spiro atoms. The number of rotatable bonds is 4. The van der Waals surface area contributed by atoms with E-state index in [2.05, 4.69) is 16.2 Å². The number of amides is 5. The Morgan fingerprint density at radius 1 is 1.23 bits per heavy atom. The molecule has 0 bridgehead atoms. The maximum Gasteiger partial charge on any atom is 0.325 e. The first kappa shape index (κ1) is 20.1. The number of urea groups is 1. The second-order valence-electron chi connectivity index (χ2n) is 7.46. The van der Waals surface area contributed by atoms with Crippen LogP contribution in [0.5, 0.6) is 0 Å². The molecule has 9 heteroatoms. The fourth-order valence-corrected chi connectivity index (χ4v) is 5.10. The Labute approximate surface area is 177 Å². The van der Waals surface area contributed by atoms with Gasteiger partial charge in [0.05, 0.1) is 4.88 Å². The monoisotopic (exact) mass is 426 g/mol. The van der Waals surface area contributed by atoms with Crippen molar-refractivity contribution in [1.29, 1.82) is 0 Å². The number of imide groups is 1. The van der Waals surface area contributed by atoms with E-state index in [1.165, 1.54) is 11.3 Å². The highest BCUT2D eigenvalue weighted by Crippen LogP contribution is 2.41. The molecule has 0 saturated carbocycles. The van der Waals surface area contributed by atoms with Gasteiger partial charge in [-0.05, 0) is 48.9 Å². The van der Waals surface area contributed by atoms with Crippen molar-refractivity contribution in [3.63, 3.8) is 0 Å². The number of aryl methyl sites for hydroxylation is 3. The maximum absolute atomic E-state index is 13.0. The molecule has 2 aromatic rings. The summed E-state index contributed by atoms with van der Waals surface area (Å²) in [6.07, 6.45) is 1.97. The van der Waals surface area contributed by atoms with E-state index in [1.54, 1.807) is 6.07 Å². The van der Waals surface area contributed by atoms with Gasteiger partial charge >= 0.3 is 6.03 Å². The van der Waals surface area contributed by atoms with Gasteiger partial charge in [0.25, 0.3) is 17.7 Å². The van der Waals surface area contributed by atoms with Gasteiger partial charge in [-0.2, -0.15) is 0 Å². The summed E-state index contributed by atoms with van der Waals surface area (Å²) in [5.74, 6) is -1.53. The van der Waals surface area contributed by atoms with Crippen LogP contribution in [0.3, 0.4) is 0 Å². The zero-order valence-electron chi connectivity index (χ0n) is 16.7. The lowest BCUT2D eigenvalue weighted by molar-refractivity contribution is -0.135. The van der Waals surface area contributed by atoms with Crippen LogP contribution >= 0.6 is 11.3 Å². The van der Waals surface area contributed by atoms with Crippen LogP contribution in [0.15, 0.2) is 30.3 Å². The average molecular weight is 426 g/mol. The van der Waals surface area contributed by atoms with E-state index in [0.29, 0.717) is 17.7 Å². The SMILES string of the molecule is CCc1sc(C(=O)NNC(=O)CN2C(=O)N[C@@]3(CCc4ccccc43)C2=O)cc1C. The molecule has 8 nitrogen and oxygen atoms in total. The molecule has 1 aliphatic heterocycles. The number of carbonyl (C=O) groups excluding carboxylic acids is 4.